The van der Waals surface area contributed by atoms with E-state index >= 15 is 0 Å². The molecule has 1 aliphatic carbocycles. The minimum atomic E-state index is -0.263. The minimum absolute atomic E-state index is 0.00983. The number of likely N-dealkylation sites (tertiary alicyclic amines) is 1. The number of carbonyl (C=O) groups excluding carboxylic acids is 2. The van der Waals surface area contributed by atoms with Crippen molar-refractivity contribution in [2.24, 2.45) is 5.92 Å². The van der Waals surface area contributed by atoms with Gasteiger partial charge in [0.2, 0.25) is 5.91 Å². The maximum atomic E-state index is 12.2. The molecule has 0 unspecified atom stereocenters. The monoisotopic (exact) mass is 334 g/mol. The first-order chi connectivity index (χ1) is 11.1. The maximum absolute atomic E-state index is 12.2. The van der Waals surface area contributed by atoms with Gasteiger partial charge in [0.05, 0.1) is 12.6 Å². The van der Waals surface area contributed by atoms with Gasteiger partial charge < -0.3 is 9.64 Å². The van der Waals surface area contributed by atoms with Crippen LogP contribution >= 0.6 is 11.6 Å². The van der Waals surface area contributed by atoms with Crippen LogP contribution in [0.5, 0.6) is 0 Å². The molecule has 2 amide bonds. The number of halogens is 1. The zero-order chi connectivity index (χ0) is 16.0. The third-order valence-corrected chi connectivity index (χ3v) is 5.13. The van der Waals surface area contributed by atoms with Crippen LogP contribution in [0.15, 0.2) is 24.3 Å². The van der Waals surface area contributed by atoms with Crippen molar-refractivity contribution in [3.8, 4) is 0 Å². The van der Waals surface area contributed by atoms with Crippen LogP contribution in [-0.2, 0) is 16.0 Å². The zero-order valence-electron chi connectivity index (χ0n) is 12.8. The first-order valence-corrected chi connectivity index (χ1v) is 8.50. The van der Waals surface area contributed by atoms with Gasteiger partial charge in [-0.1, -0.05) is 23.7 Å². The van der Waals surface area contributed by atoms with Gasteiger partial charge in [-0.25, -0.2) is 4.79 Å². The van der Waals surface area contributed by atoms with E-state index in [-0.39, 0.29) is 30.1 Å². The third kappa shape index (κ3) is 2.90. The molecule has 0 radical (unpaired) electrons. The van der Waals surface area contributed by atoms with Crippen molar-refractivity contribution < 1.29 is 14.3 Å². The lowest BCUT2D eigenvalue weighted by atomic mass is 10.1. The number of hydrogen-bond donors (Lipinski definition) is 0. The zero-order valence-corrected chi connectivity index (χ0v) is 13.5. The lowest BCUT2D eigenvalue weighted by molar-refractivity contribution is -0.132. The quantitative estimate of drug-likeness (QED) is 0.849. The molecule has 6 heteroatoms. The molecular weight excluding hydrogens is 316 g/mol. The molecule has 2 atom stereocenters. The summed E-state index contributed by atoms with van der Waals surface area (Å²) in [5.74, 6) is 0.440. The van der Waals surface area contributed by atoms with Gasteiger partial charge in [0.1, 0.15) is 6.10 Å². The molecule has 0 aromatic heterocycles. The Balaban J connectivity index is 1.40. The highest BCUT2D eigenvalue weighted by Gasteiger charge is 2.50. The summed E-state index contributed by atoms with van der Waals surface area (Å²) < 4.78 is 5.46. The number of rotatable bonds is 4. The number of ether oxygens (including phenoxy) is 1. The van der Waals surface area contributed by atoms with Crippen molar-refractivity contribution in [1.29, 1.82) is 0 Å². The van der Waals surface area contributed by atoms with Gasteiger partial charge in [-0.3, -0.25) is 9.69 Å². The average molecular weight is 335 g/mol. The van der Waals surface area contributed by atoms with Crippen molar-refractivity contribution in [1.82, 2.24) is 9.80 Å². The normalized spacial score (nSPS) is 26.4. The van der Waals surface area contributed by atoms with Crippen molar-refractivity contribution in [2.75, 3.05) is 19.6 Å². The van der Waals surface area contributed by atoms with E-state index in [1.165, 1.54) is 0 Å². The van der Waals surface area contributed by atoms with Crippen LogP contribution in [0, 0.1) is 5.92 Å². The number of benzene rings is 1. The number of amides is 2. The molecule has 5 nitrogen and oxygen atoms in total. The topological polar surface area (TPSA) is 49.9 Å². The molecule has 2 saturated heterocycles. The smallest absolute Gasteiger partial charge is 0.410 e. The third-order valence-electron chi connectivity index (χ3n) is 4.89. The number of carbonyl (C=O) groups is 2. The molecule has 1 saturated carbocycles. The summed E-state index contributed by atoms with van der Waals surface area (Å²) in [5.41, 5.74) is 1.10. The van der Waals surface area contributed by atoms with Gasteiger partial charge in [0, 0.05) is 24.0 Å². The van der Waals surface area contributed by atoms with Gasteiger partial charge in [-0.05, 0) is 37.0 Å². The van der Waals surface area contributed by atoms with E-state index in [1.807, 2.05) is 29.2 Å². The van der Waals surface area contributed by atoms with Gasteiger partial charge in [0.15, 0.2) is 0 Å². The molecule has 3 aliphatic rings. The number of fused-ring (bicyclic) bond motifs is 1. The fourth-order valence-corrected chi connectivity index (χ4v) is 3.68. The summed E-state index contributed by atoms with van der Waals surface area (Å²) in [7, 11) is 0. The molecular formula is C17H19ClN2O3. The predicted octanol–water partition coefficient (Wildman–Crippen LogP) is 2.32. The Hall–Kier alpha value is -1.75. The molecule has 23 heavy (non-hydrogen) atoms. The van der Waals surface area contributed by atoms with Crippen molar-refractivity contribution in [3.05, 3.63) is 34.9 Å². The molecule has 1 aromatic rings. The van der Waals surface area contributed by atoms with Crippen molar-refractivity contribution >= 4 is 23.6 Å². The average Bonchev–Trinajstić information content (AvgIpc) is 3.22. The van der Waals surface area contributed by atoms with Gasteiger partial charge in [-0.2, -0.15) is 0 Å². The molecule has 2 heterocycles. The van der Waals surface area contributed by atoms with E-state index in [4.69, 9.17) is 16.3 Å². The van der Waals surface area contributed by atoms with E-state index in [0.717, 1.165) is 24.8 Å². The predicted molar refractivity (Wildman–Crippen MR) is 85.2 cm³/mol. The van der Waals surface area contributed by atoms with Crippen LogP contribution in [0.3, 0.4) is 0 Å². The maximum Gasteiger partial charge on any atom is 0.410 e. The van der Waals surface area contributed by atoms with Crippen LogP contribution in [0.1, 0.15) is 18.4 Å². The van der Waals surface area contributed by atoms with E-state index in [9.17, 15) is 9.59 Å². The lowest BCUT2D eigenvalue weighted by Gasteiger charge is -2.22. The Labute approximate surface area is 140 Å². The fourth-order valence-electron chi connectivity index (χ4n) is 3.47. The van der Waals surface area contributed by atoms with Crippen LogP contribution in [0.4, 0.5) is 4.79 Å². The van der Waals surface area contributed by atoms with Gasteiger partial charge >= 0.3 is 6.09 Å². The summed E-state index contributed by atoms with van der Waals surface area (Å²) >= 11 is 6.00. The minimum Gasteiger partial charge on any atom is -0.442 e. The summed E-state index contributed by atoms with van der Waals surface area (Å²) in [4.78, 5) is 27.9. The molecule has 0 bridgehead atoms. The van der Waals surface area contributed by atoms with Crippen LogP contribution in [-0.4, -0.2) is 53.6 Å². The van der Waals surface area contributed by atoms with Crippen LogP contribution < -0.4 is 0 Å². The highest BCUT2D eigenvalue weighted by molar-refractivity contribution is 6.30. The Morgan fingerprint density at radius 1 is 1.30 bits per heavy atom. The molecule has 2 aliphatic heterocycles. The van der Waals surface area contributed by atoms with Crippen LogP contribution in [0.2, 0.25) is 5.02 Å². The molecule has 0 spiro atoms. The highest BCUT2D eigenvalue weighted by Crippen LogP contribution is 2.34. The Morgan fingerprint density at radius 3 is 2.87 bits per heavy atom. The fraction of sp³-hybridized carbons (Fsp3) is 0.529. The summed E-state index contributed by atoms with van der Waals surface area (Å²) in [6.07, 6.45) is 2.30. The second-order valence-electron chi connectivity index (χ2n) is 6.58. The van der Waals surface area contributed by atoms with E-state index in [2.05, 4.69) is 0 Å². The SMILES string of the molecule is O=C(C1CC1)N1C[C@H]2OC(=O)N(CCc3cccc(Cl)c3)[C@H]2C1. The summed E-state index contributed by atoms with van der Waals surface area (Å²) in [6.45, 7) is 1.73. The van der Waals surface area contributed by atoms with Crippen molar-refractivity contribution in [2.45, 2.75) is 31.4 Å². The first-order valence-electron chi connectivity index (χ1n) is 8.12. The van der Waals surface area contributed by atoms with Gasteiger partial charge in [0.25, 0.3) is 0 Å². The summed E-state index contributed by atoms with van der Waals surface area (Å²) in [5, 5.41) is 0.700. The molecule has 0 N–H and O–H groups in total. The molecule has 1 aromatic carbocycles. The molecule has 3 fully saturated rings. The number of hydrogen-bond acceptors (Lipinski definition) is 3. The first kappa shape index (κ1) is 14.8. The Bertz CT molecular complexity index is 646. The van der Waals surface area contributed by atoms with E-state index < -0.39 is 0 Å². The largest absolute Gasteiger partial charge is 0.442 e. The Morgan fingerprint density at radius 2 is 2.13 bits per heavy atom. The second kappa shape index (κ2) is 5.71. The lowest BCUT2D eigenvalue weighted by Crippen LogP contribution is -2.40. The van der Waals surface area contributed by atoms with Crippen LogP contribution in [0.25, 0.3) is 0 Å². The summed E-state index contributed by atoms with van der Waals surface area (Å²) in [6, 6.07) is 7.66. The van der Waals surface area contributed by atoms with E-state index in [1.54, 1.807) is 4.90 Å². The van der Waals surface area contributed by atoms with E-state index in [0.29, 0.717) is 24.7 Å². The Kier molecular flexibility index (Phi) is 3.68. The standard InChI is InChI=1S/C17H19ClN2O3/c18-13-3-1-2-11(8-13)6-7-20-14-9-19(16(21)12-4-5-12)10-15(14)23-17(20)22/h1-3,8,12,14-15H,4-7,9-10H2/t14-,15+/m0/s1. The highest BCUT2D eigenvalue weighted by atomic mass is 35.5. The molecule has 4 rings (SSSR count). The van der Waals surface area contributed by atoms with Crippen molar-refractivity contribution in [3.63, 3.8) is 0 Å². The molecule has 122 valence electrons. The number of nitrogens with zero attached hydrogens (tertiary/aromatic N) is 2. The van der Waals surface area contributed by atoms with Gasteiger partial charge in [-0.15, -0.1) is 0 Å². The second-order valence-corrected chi connectivity index (χ2v) is 7.02.